The van der Waals surface area contributed by atoms with Crippen molar-refractivity contribution in [2.75, 3.05) is 19.7 Å². The van der Waals surface area contributed by atoms with Crippen LogP contribution in [-0.2, 0) is 4.74 Å². The van der Waals surface area contributed by atoms with Crippen LogP contribution in [0.5, 0.6) is 0 Å². The normalized spacial score (nSPS) is 9.94. The minimum Gasteiger partial charge on any atom is -0.460 e. The summed E-state index contributed by atoms with van der Waals surface area (Å²) in [5, 5.41) is 7.04. The third-order valence-corrected chi connectivity index (χ3v) is 4.40. The Labute approximate surface area is 118 Å². The Balaban J connectivity index is 2.30. The van der Waals surface area contributed by atoms with Crippen molar-refractivity contribution in [3.8, 4) is 0 Å². The molecule has 2 N–H and O–H groups in total. The van der Waals surface area contributed by atoms with Crippen molar-refractivity contribution < 1.29 is 14.3 Å². The molecular formula is C11H15BrN2O3S. The molecule has 0 aliphatic heterocycles. The molecule has 0 bridgehead atoms. The number of carbonyl (C=O) groups excluding carboxylic acids is 2. The Morgan fingerprint density at radius 2 is 2.17 bits per heavy atom. The first-order chi connectivity index (χ1) is 8.56. The zero-order valence-electron chi connectivity index (χ0n) is 10.2. The highest BCUT2D eigenvalue weighted by molar-refractivity contribution is 9.10. The van der Waals surface area contributed by atoms with Crippen molar-refractivity contribution in [1.82, 2.24) is 10.6 Å². The molecule has 0 fully saturated rings. The van der Waals surface area contributed by atoms with E-state index in [1.807, 2.05) is 19.2 Å². The van der Waals surface area contributed by atoms with Crippen LogP contribution in [0.3, 0.4) is 0 Å². The highest BCUT2D eigenvalue weighted by Crippen LogP contribution is 2.28. The number of ether oxygens (including phenoxy) is 1. The van der Waals surface area contributed by atoms with Crippen molar-refractivity contribution >= 4 is 39.3 Å². The molecule has 1 aromatic rings. The second-order valence-electron chi connectivity index (χ2n) is 3.48. The van der Waals surface area contributed by atoms with E-state index in [-0.39, 0.29) is 18.6 Å². The number of amides is 2. The van der Waals surface area contributed by atoms with Crippen LogP contribution >= 0.6 is 27.3 Å². The van der Waals surface area contributed by atoms with Gasteiger partial charge in [-0.3, -0.25) is 0 Å². The fourth-order valence-corrected chi connectivity index (χ4v) is 2.70. The largest absolute Gasteiger partial charge is 0.460 e. The Morgan fingerprint density at radius 1 is 1.44 bits per heavy atom. The number of halogens is 1. The lowest BCUT2D eigenvalue weighted by atomic mass is 10.3. The predicted octanol–water partition coefficient (Wildman–Crippen LogP) is 2.29. The molecule has 0 aliphatic rings. The minimum absolute atomic E-state index is 0.152. The Bertz CT molecular complexity index is 434. The van der Waals surface area contributed by atoms with Gasteiger partial charge in [-0.15, -0.1) is 11.3 Å². The van der Waals surface area contributed by atoms with Crippen LogP contribution in [0.15, 0.2) is 9.85 Å². The van der Waals surface area contributed by atoms with Gasteiger partial charge in [-0.1, -0.05) is 0 Å². The fraction of sp³-hybridized carbons (Fsp3) is 0.455. The van der Waals surface area contributed by atoms with Crippen LogP contribution < -0.4 is 10.6 Å². The van der Waals surface area contributed by atoms with Crippen molar-refractivity contribution in [3.63, 3.8) is 0 Å². The highest BCUT2D eigenvalue weighted by Gasteiger charge is 2.15. The molecule has 7 heteroatoms. The lowest BCUT2D eigenvalue weighted by Crippen LogP contribution is -2.37. The first-order valence-electron chi connectivity index (χ1n) is 5.48. The van der Waals surface area contributed by atoms with Gasteiger partial charge in [0.1, 0.15) is 11.5 Å². The summed E-state index contributed by atoms with van der Waals surface area (Å²) in [6.45, 7) is 4.75. The third-order valence-electron chi connectivity index (χ3n) is 2.04. The molecule has 18 heavy (non-hydrogen) atoms. The van der Waals surface area contributed by atoms with Gasteiger partial charge >= 0.3 is 12.0 Å². The average molecular weight is 335 g/mol. The molecule has 100 valence electrons. The number of urea groups is 1. The van der Waals surface area contributed by atoms with Gasteiger partial charge in [-0.05, 0) is 40.7 Å². The van der Waals surface area contributed by atoms with Crippen LogP contribution in [0.25, 0.3) is 0 Å². The molecule has 2 amide bonds. The summed E-state index contributed by atoms with van der Waals surface area (Å²) in [5.74, 6) is -0.377. The van der Waals surface area contributed by atoms with E-state index in [1.165, 1.54) is 11.3 Å². The Morgan fingerprint density at radius 3 is 2.72 bits per heavy atom. The van der Waals surface area contributed by atoms with Gasteiger partial charge in [-0.2, -0.15) is 0 Å². The smallest absolute Gasteiger partial charge is 0.349 e. The first-order valence-corrected chi connectivity index (χ1v) is 7.16. The van der Waals surface area contributed by atoms with E-state index in [9.17, 15) is 9.59 Å². The van der Waals surface area contributed by atoms with Crippen LogP contribution in [0.1, 0.15) is 22.2 Å². The molecule has 1 aromatic heterocycles. The molecule has 0 atom stereocenters. The van der Waals surface area contributed by atoms with E-state index >= 15 is 0 Å². The van der Waals surface area contributed by atoms with E-state index in [0.29, 0.717) is 18.0 Å². The minimum atomic E-state index is -0.377. The van der Waals surface area contributed by atoms with Crippen LogP contribution in [0.2, 0.25) is 0 Å². The summed E-state index contributed by atoms with van der Waals surface area (Å²) in [6, 6.07) is -0.262. The molecule has 0 aromatic carbocycles. The molecule has 0 radical (unpaired) electrons. The van der Waals surface area contributed by atoms with Crippen LogP contribution in [0, 0.1) is 6.92 Å². The maximum atomic E-state index is 11.7. The number of aryl methyl sites for hydroxylation is 1. The van der Waals surface area contributed by atoms with E-state index in [2.05, 4.69) is 26.6 Å². The summed E-state index contributed by atoms with van der Waals surface area (Å²) in [6.07, 6.45) is 0. The van der Waals surface area contributed by atoms with Gasteiger partial charge in [0.15, 0.2) is 0 Å². The Hall–Kier alpha value is -1.08. The van der Waals surface area contributed by atoms with E-state index in [4.69, 9.17) is 4.74 Å². The zero-order chi connectivity index (χ0) is 13.5. The SMILES string of the molecule is CCNC(=O)NCCOC(=O)c1scc(C)c1Br. The number of carbonyl (C=O) groups is 2. The number of rotatable bonds is 5. The quantitative estimate of drug-likeness (QED) is 0.641. The van der Waals surface area contributed by atoms with Crippen molar-refractivity contribution in [3.05, 3.63) is 20.3 Å². The lowest BCUT2D eigenvalue weighted by molar-refractivity contribution is 0.0515. The summed E-state index contributed by atoms with van der Waals surface area (Å²) in [4.78, 5) is 23.3. The molecule has 0 spiro atoms. The standard InChI is InChI=1S/C11H15BrN2O3S/c1-3-13-11(16)14-4-5-17-10(15)9-8(12)7(2)6-18-9/h6H,3-5H2,1-2H3,(H2,13,14,16). The fourth-order valence-electron chi connectivity index (χ4n) is 1.16. The van der Waals surface area contributed by atoms with E-state index < -0.39 is 0 Å². The van der Waals surface area contributed by atoms with Crippen LogP contribution in [0.4, 0.5) is 4.79 Å². The first kappa shape index (κ1) is 15.0. The van der Waals surface area contributed by atoms with Gasteiger partial charge < -0.3 is 15.4 Å². The average Bonchev–Trinajstić information content (AvgIpc) is 2.66. The topological polar surface area (TPSA) is 67.4 Å². The summed E-state index contributed by atoms with van der Waals surface area (Å²) < 4.78 is 5.82. The van der Waals surface area contributed by atoms with E-state index in [1.54, 1.807) is 0 Å². The highest BCUT2D eigenvalue weighted by atomic mass is 79.9. The number of hydrogen-bond acceptors (Lipinski definition) is 4. The summed E-state index contributed by atoms with van der Waals surface area (Å²) in [7, 11) is 0. The lowest BCUT2D eigenvalue weighted by Gasteiger charge is -2.06. The van der Waals surface area contributed by atoms with Crippen molar-refractivity contribution in [1.29, 1.82) is 0 Å². The zero-order valence-corrected chi connectivity index (χ0v) is 12.6. The molecule has 0 saturated heterocycles. The van der Waals surface area contributed by atoms with Crippen LogP contribution in [-0.4, -0.2) is 31.7 Å². The monoisotopic (exact) mass is 334 g/mol. The van der Waals surface area contributed by atoms with Gasteiger partial charge in [0, 0.05) is 11.0 Å². The summed E-state index contributed by atoms with van der Waals surface area (Å²) in [5.41, 5.74) is 1.01. The molecule has 5 nitrogen and oxygen atoms in total. The van der Waals surface area contributed by atoms with Crippen molar-refractivity contribution in [2.24, 2.45) is 0 Å². The number of esters is 1. The Kier molecular flexibility index (Phi) is 6.14. The second-order valence-corrected chi connectivity index (χ2v) is 5.16. The molecular weight excluding hydrogens is 320 g/mol. The van der Waals surface area contributed by atoms with Gasteiger partial charge in [0.05, 0.1) is 6.54 Å². The maximum absolute atomic E-state index is 11.7. The molecule has 0 aliphatic carbocycles. The number of nitrogens with one attached hydrogen (secondary N) is 2. The predicted molar refractivity (Wildman–Crippen MR) is 74.1 cm³/mol. The maximum Gasteiger partial charge on any atom is 0.349 e. The third kappa shape index (κ3) is 4.30. The van der Waals surface area contributed by atoms with Gasteiger partial charge in [-0.25, -0.2) is 9.59 Å². The van der Waals surface area contributed by atoms with Gasteiger partial charge in [0.2, 0.25) is 0 Å². The molecule has 0 saturated carbocycles. The number of thiophene rings is 1. The molecule has 1 rings (SSSR count). The van der Waals surface area contributed by atoms with Gasteiger partial charge in [0.25, 0.3) is 0 Å². The second kappa shape index (κ2) is 7.38. The molecule has 1 heterocycles. The van der Waals surface area contributed by atoms with E-state index in [0.717, 1.165) is 10.0 Å². The summed E-state index contributed by atoms with van der Waals surface area (Å²) >= 11 is 4.67. The molecule has 0 unspecified atom stereocenters. The number of hydrogen-bond donors (Lipinski definition) is 2. The van der Waals surface area contributed by atoms with Crippen molar-refractivity contribution in [2.45, 2.75) is 13.8 Å².